The SMILES string of the molecule is O=C(NCc1ccccc1F)c1cn(C2CNC2)nn1. The van der Waals surface area contributed by atoms with Gasteiger partial charge in [0.2, 0.25) is 0 Å². The second kappa shape index (κ2) is 5.38. The molecule has 104 valence electrons. The zero-order chi connectivity index (χ0) is 13.9. The number of carbonyl (C=O) groups is 1. The van der Waals surface area contributed by atoms with Crippen LogP contribution in [0.2, 0.25) is 0 Å². The lowest BCUT2D eigenvalue weighted by Crippen LogP contribution is -2.43. The third-order valence-corrected chi connectivity index (χ3v) is 3.27. The molecule has 20 heavy (non-hydrogen) atoms. The fourth-order valence-electron chi connectivity index (χ4n) is 1.93. The van der Waals surface area contributed by atoms with Crippen LogP contribution in [0.4, 0.5) is 4.39 Å². The van der Waals surface area contributed by atoms with E-state index < -0.39 is 0 Å². The van der Waals surface area contributed by atoms with Crippen LogP contribution < -0.4 is 10.6 Å². The van der Waals surface area contributed by atoms with Gasteiger partial charge in [0, 0.05) is 25.2 Å². The zero-order valence-electron chi connectivity index (χ0n) is 10.7. The Balaban J connectivity index is 1.61. The number of hydrogen-bond donors (Lipinski definition) is 2. The first kappa shape index (κ1) is 12.7. The molecule has 1 aliphatic heterocycles. The summed E-state index contributed by atoms with van der Waals surface area (Å²) >= 11 is 0. The van der Waals surface area contributed by atoms with Gasteiger partial charge in [-0.15, -0.1) is 5.10 Å². The Morgan fingerprint density at radius 1 is 1.45 bits per heavy atom. The van der Waals surface area contributed by atoms with E-state index in [1.54, 1.807) is 29.1 Å². The maximum atomic E-state index is 13.4. The summed E-state index contributed by atoms with van der Waals surface area (Å²) in [6.07, 6.45) is 1.61. The monoisotopic (exact) mass is 275 g/mol. The molecule has 0 aliphatic carbocycles. The summed E-state index contributed by atoms with van der Waals surface area (Å²) in [6, 6.07) is 6.59. The Kier molecular flexibility index (Phi) is 3.42. The number of hydrogen-bond acceptors (Lipinski definition) is 4. The minimum absolute atomic E-state index is 0.128. The third-order valence-electron chi connectivity index (χ3n) is 3.27. The highest BCUT2D eigenvalue weighted by Gasteiger charge is 2.21. The lowest BCUT2D eigenvalue weighted by atomic mass is 10.2. The summed E-state index contributed by atoms with van der Waals surface area (Å²) in [5, 5.41) is 13.5. The molecule has 0 atom stereocenters. The average Bonchev–Trinajstić information content (AvgIpc) is 2.85. The number of carbonyl (C=O) groups excluding carboxylic acids is 1. The van der Waals surface area contributed by atoms with Gasteiger partial charge in [0.05, 0.1) is 12.2 Å². The van der Waals surface area contributed by atoms with E-state index in [0.29, 0.717) is 5.56 Å². The van der Waals surface area contributed by atoms with E-state index in [4.69, 9.17) is 0 Å². The van der Waals surface area contributed by atoms with Crippen molar-refractivity contribution >= 4 is 5.91 Å². The van der Waals surface area contributed by atoms with Crippen molar-refractivity contribution in [1.29, 1.82) is 0 Å². The second-order valence-electron chi connectivity index (χ2n) is 4.67. The van der Waals surface area contributed by atoms with Gasteiger partial charge in [-0.25, -0.2) is 9.07 Å². The molecule has 1 aliphatic rings. The maximum absolute atomic E-state index is 13.4. The molecule has 0 radical (unpaired) electrons. The lowest BCUT2D eigenvalue weighted by Gasteiger charge is -2.26. The molecule has 6 nitrogen and oxygen atoms in total. The van der Waals surface area contributed by atoms with Crippen LogP contribution in [0.1, 0.15) is 22.1 Å². The normalized spacial score (nSPS) is 14.8. The summed E-state index contributed by atoms with van der Waals surface area (Å²) in [5.41, 5.74) is 0.685. The van der Waals surface area contributed by atoms with Crippen molar-refractivity contribution in [3.05, 3.63) is 47.5 Å². The van der Waals surface area contributed by atoms with E-state index in [1.807, 2.05) is 0 Å². The highest BCUT2D eigenvalue weighted by Crippen LogP contribution is 2.10. The molecule has 0 bridgehead atoms. The van der Waals surface area contributed by atoms with Gasteiger partial charge in [-0.1, -0.05) is 23.4 Å². The van der Waals surface area contributed by atoms with Crippen LogP contribution in [0.5, 0.6) is 0 Å². The molecule has 1 saturated heterocycles. The van der Waals surface area contributed by atoms with Gasteiger partial charge in [-0.3, -0.25) is 4.79 Å². The van der Waals surface area contributed by atoms with Gasteiger partial charge < -0.3 is 10.6 Å². The predicted molar refractivity (Wildman–Crippen MR) is 69.5 cm³/mol. The van der Waals surface area contributed by atoms with Crippen LogP contribution in [0.15, 0.2) is 30.5 Å². The Bertz CT molecular complexity index is 623. The van der Waals surface area contributed by atoms with Crippen molar-refractivity contribution < 1.29 is 9.18 Å². The largest absolute Gasteiger partial charge is 0.346 e. The highest BCUT2D eigenvalue weighted by molar-refractivity contribution is 5.91. The van der Waals surface area contributed by atoms with Gasteiger partial charge in [-0.05, 0) is 6.07 Å². The number of aromatic nitrogens is 3. The van der Waals surface area contributed by atoms with Crippen molar-refractivity contribution in [3.63, 3.8) is 0 Å². The summed E-state index contributed by atoms with van der Waals surface area (Å²) in [5.74, 6) is -0.691. The predicted octanol–water partition coefficient (Wildman–Crippen LogP) is 0.491. The Morgan fingerprint density at radius 2 is 2.25 bits per heavy atom. The van der Waals surface area contributed by atoms with Gasteiger partial charge in [0.1, 0.15) is 5.82 Å². The molecule has 7 heteroatoms. The van der Waals surface area contributed by atoms with E-state index in [-0.39, 0.29) is 30.0 Å². The van der Waals surface area contributed by atoms with Crippen LogP contribution in [0, 0.1) is 5.82 Å². The third kappa shape index (κ3) is 2.53. The standard InChI is InChI=1S/C13H14FN5O/c14-11-4-2-1-3-9(11)5-16-13(20)12-8-19(18-17-12)10-6-15-7-10/h1-4,8,10,15H,5-7H2,(H,16,20). The first-order valence-corrected chi connectivity index (χ1v) is 6.38. The highest BCUT2D eigenvalue weighted by atomic mass is 19.1. The van der Waals surface area contributed by atoms with Gasteiger partial charge in [0.15, 0.2) is 5.69 Å². The first-order valence-electron chi connectivity index (χ1n) is 6.38. The van der Waals surface area contributed by atoms with Gasteiger partial charge in [-0.2, -0.15) is 0 Å². The summed E-state index contributed by atoms with van der Waals surface area (Å²) in [7, 11) is 0. The van der Waals surface area contributed by atoms with Crippen LogP contribution in [0.25, 0.3) is 0 Å². The summed E-state index contributed by atoms with van der Waals surface area (Å²) in [4.78, 5) is 11.9. The van der Waals surface area contributed by atoms with Crippen molar-refractivity contribution in [2.24, 2.45) is 0 Å². The molecule has 0 saturated carbocycles. The smallest absolute Gasteiger partial charge is 0.273 e. The van der Waals surface area contributed by atoms with E-state index in [0.717, 1.165) is 13.1 Å². The van der Waals surface area contributed by atoms with Crippen LogP contribution in [0.3, 0.4) is 0 Å². The molecule has 1 aromatic carbocycles. The van der Waals surface area contributed by atoms with Crippen molar-refractivity contribution in [1.82, 2.24) is 25.6 Å². The number of amides is 1. The van der Waals surface area contributed by atoms with E-state index in [1.165, 1.54) is 6.07 Å². The molecule has 2 heterocycles. The molecule has 2 aromatic rings. The molecule has 2 N–H and O–H groups in total. The van der Waals surface area contributed by atoms with E-state index in [2.05, 4.69) is 20.9 Å². The van der Waals surface area contributed by atoms with Crippen LogP contribution in [-0.2, 0) is 6.54 Å². The molecular formula is C13H14FN5O. The summed E-state index contributed by atoms with van der Waals surface area (Å²) < 4.78 is 15.1. The summed E-state index contributed by atoms with van der Waals surface area (Å²) in [6.45, 7) is 1.79. The number of benzene rings is 1. The zero-order valence-corrected chi connectivity index (χ0v) is 10.7. The molecule has 1 fully saturated rings. The van der Waals surface area contributed by atoms with E-state index >= 15 is 0 Å². The fraction of sp³-hybridized carbons (Fsp3) is 0.308. The minimum atomic E-state index is -0.355. The lowest BCUT2D eigenvalue weighted by molar-refractivity contribution is 0.0945. The molecule has 1 amide bonds. The number of nitrogens with one attached hydrogen (secondary N) is 2. The van der Waals surface area contributed by atoms with Crippen molar-refractivity contribution in [2.45, 2.75) is 12.6 Å². The molecule has 1 aromatic heterocycles. The first-order chi connectivity index (χ1) is 9.74. The minimum Gasteiger partial charge on any atom is -0.346 e. The molecule has 3 rings (SSSR count). The fourth-order valence-corrected chi connectivity index (χ4v) is 1.93. The quantitative estimate of drug-likeness (QED) is 0.852. The van der Waals surface area contributed by atoms with Gasteiger partial charge >= 0.3 is 0 Å². The number of nitrogens with zero attached hydrogens (tertiary/aromatic N) is 3. The van der Waals surface area contributed by atoms with Crippen LogP contribution in [-0.4, -0.2) is 34.0 Å². The molecule has 0 spiro atoms. The van der Waals surface area contributed by atoms with Crippen LogP contribution >= 0.6 is 0 Å². The van der Waals surface area contributed by atoms with Gasteiger partial charge in [0.25, 0.3) is 5.91 Å². The number of halogens is 1. The Morgan fingerprint density at radius 3 is 2.95 bits per heavy atom. The molecule has 0 unspecified atom stereocenters. The Hall–Kier alpha value is -2.28. The maximum Gasteiger partial charge on any atom is 0.273 e. The van der Waals surface area contributed by atoms with Crippen molar-refractivity contribution in [2.75, 3.05) is 13.1 Å². The molecular weight excluding hydrogens is 261 g/mol. The van der Waals surface area contributed by atoms with Crippen molar-refractivity contribution in [3.8, 4) is 0 Å². The average molecular weight is 275 g/mol. The second-order valence-corrected chi connectivity index (χ2v) is 4.67. The number of rotatable bonds is 4. The Labute approximate surface area is 115 Å². The topological polar surface area (TPSA) is 71.8 Å². The van der Waals surface area contributed by atoms with E-state index in [9.17, 15) is 9.18 Å².